The van der Waals surface area contributed by atoms with Crippen LogP contribution in [0.3, 0.4) is 0 Å². The van der Waals surface area contributed by atoms with Gasteiger partial charge in [-0.3, -0.25) is 4.79 Å². The lowest BCUT2D eigenvalue weighted by molar-refractivity contribution is -0.116. The van der Waals surface area contributed by atoms with Crippen molar-refractivity contribution in [1.29, 1.82) is 0 Å². The summed E-state index contributed by atoms with van der Waals surface area (Å²) in [7, 11) is 0. The van der Waals surface area contributed by atoms with Crippen LogP contribution in [0.1, 0.15) is 31.2 Å². The van der Waals surface area contributed by atoms with Gasteiger partial charge in [0.2, 0.25) is 5.91 Å². The lowest BCUT2D eigenvalue weighted by Gasteiger charge is -2.26. The summed E-state index contributed by atoms with van der Waals surface area (Å²) in [6, 6.07) is 5.09. The van der Waals surface area contributed by atoms with Crippen LogP contribution >= 0.6 is 11.6 Å². The molecule has 4 heteroatoms. The monoisotopic (exact) mass is 281 g/mol. The molecule has 19 heavy (non-hydrogen) atoms. The van der Waals surface area contributed by atoms with E-state index in [-0.39, 0.29) is 17.5 Å². The number of amides is 1. The van der Waals surface area contributed by atoms with E-state index in [1.165, 1.54) is 25.7 Å². The molecule has 1 aliphatic carbocycles. The molecule has 1 aromatic carbocycles. The Morgan fingerprint density at radius 1 is 1.42 bits per heavy atom. The molecule has 3 nitrogen and oxygen atoms in total. The van der Waals surface area contributed by atoms with Crippen LogP contribution in [-0.4, -0.2) is 23.4 Å². The zero-order chi connectivity index (χ0) is 13.8. The molecule has 1 saturated carbocycles. The van der Waals surface area contributed by atoms with Gasteiger partial charge in [-0.15, -0.1) is 11.6 Å². The zero-order valence-corrected chi connectivity index (χ0v) is 12.0. The Balaban J connectivity index is 2.23. The summed E-state index contributed by atoms with van der Waals surface area (Å²) >= 11 is 5.73. The van der Waals surface area contributed by atoms with Crippen LogP contribution in [0.15, 0.2) is 18.2 Å². The molecule has 1 aliphatic rings. The Kier molecular flexibility index (Phi) is 4.70. The Labute approximate surface area is 119 Å². The van der Waals surface area contributed by atoms with E-state index in [1.54, 1.807) is 23.1 Å². The van der Waals surface area contributed by atoms with Crippen LogP contribution in [-0.2, 0) is 4.79 Å². The van der Waals surface area contributed by atoms with Gasteiger partial charge in [0.1, 0.15) is 11.6 Å². The highest BCUT2D eigenvalue weighted by atomic mass is 35.5. The minimum atomic E-state index is -0.0673. The summed E-state index contributed by atoms with van der Waals surface area (Å²) in [6.45, 7) is 2.63. The molecule has 1 fully saturated rings. The van der Waals surface area contributed by atoms with E-state index in [4.69, 9.17) is 11.6 Å². The van der Waals surface area contributed by atoms with Crippen molar-refractivity contribution in [2.24, 2.45) is 5.92 Å². The van der Waals surface area contributed by atoms with Gasteiger partial charge in [0.15, 0.2) is 0 Å². The number of carbonyl (C=O) groups excluding carboxylic acids is 1. The van der Waals surface area contributed by atoms with Gasteiger partial charge in [-0.25, -0.2) is 0 Å². The van der Waals surface area contributed by atoms with E-state index in [0.29, 0.717) is 5.92 Å². The van der Waals surface area contributed by atoms with Crippen molar-refractivity contribution in [3.8, 4) is 5.75 Å². The number of aromatic hydroxyl groups is 1. The maximum absolute atomic E-state index is 12.1. The minimum absolute atomic E-state index is 0.00691. The molecular formula is C15H20ClNO2. The first-order valence-corrected chi connectivity index (χ1v) is 7.31. The number of nitrogens with zero attached hydrogens (tertiary/aromatic N) is 1. The molecule has 2 rings (SSSR count). The topological polar surface area (TPSA) is 40.5 Å². The molecule has 0 aromatic heterocycles. The third kappa shape index (κ3) is 3.41. The van der Waals surface area contributed by atoms with Crippen LogP contribution in [0, 0.1) is 12.8 Å². The molecule has 0 spiro atoms. The van der Waals surface area contributed by atoms with Crippen LogP contribution < -0.4 is 4.90 Å². The summed E-state index contributed by atoms with van der Waals surface area (Å²) in [5.74, 6) is 0.718. The van der Waals surface area contributed by atoms with E-state index in [1.807, 2.05) is 6.92 Å². The average Bonchev–Trinajstić information content (AvgIpc) is 2.89. The molecule has 0 bridgehead atoms. The van der Waals surface area contributed by atoms with Crippen molar-refractivity contribution in [2.45, 2.75) is 32.6 Å². The van der Waals surface area contributed by atoms with Crippen molar-refractivity contribution in [2.75, 3.05) is 17.3 Å². The molecule has 0 unspecified atom stereocenters. The van der Waals surface area contributed by atoms with Gasteiger partial charge in [0.05, 0.1) is 0 Å². The van der Waals surface area contributed by atoms with Crippen LogP contribution in [0.5, 0.6) is 5.75 Å². The number of benzene rings is 1. The van der Waals surface area contributed by atoms with Crippen molar-refractivity contribution >= 4 is 23.2 Å². The third-order valence-corrected chi connectivity index (χ3v) is 4.03. The highest BCUT2D eigenvalue weighted by Crippen LogP contribution is 2.30. The standard InChI is InChI=1S/C15H20ClNO2/c1-11-8-13(18)6-7-14(11)17(15(19)9-16)10-12-4-2-3-5-12/h6-8,12,18H,2-5,9-10H2,1H3. The van der Waals surface area contributed by atoms with Gasteiger partial charge < -0.3 is 10.0 Å². The first-order valence-electron chi connectivity index (χ1n) is 6.77. The highest BCUT2D eigenvalue weighted by Gasteiger charge is 2.23. The van der Waals surface area contributed by atoms with Gasteiger partial charge >= 0.3 is 0 Å². The molecule has 1 aromatic rings. The van der Waals surface area contributed by atoms with E-state index >= 15 is 0 Å². The molecule has 0 radical (unpaired) electrons. The number of hydrogen-bond acceptors (Lipinski definition) is 2. The normalized spacial score (nSPS) is 15.7. The molecule has 0 atom stereocenters. The Morgan fingerprint density at radius 3 is 2.68 bits per heavy atom. The molecule has 0 aliphatic heterocycles. The largest absolute Gasteiger partial charge is 0.508 e. The van der Waals surface area contributed by atoms with Crippen LogP contribution in [0.4, 0.5) is 5.69 Å². The number of phenolic OH excluding ortho intramolecular Hbond substituents is 1. The van der Waals surface area contributed by atoms with E-state index < -0.39 is 0 Å². The minimum Gasteiger partial charge on any atom is -0.508 e. The lowest BCUT2D eigenvalue weighted by atomic mass is 10.1. The quantitative estimate of drug-likeness (QED) is 0.859. The predicted octanol–water partition coefficient (Wildman–Crippen LogP) is 3.46. The van der Waals surface area contributed by atoms with Gasteiger partial charge in [-0.2, -0.15) is 0 Å². The number of carbonyl (C=O) groups is 1. The Bertz CT molecular complexity index is 455. The first kappa shape index (κ1) is 14.2. The van der Waals surface area contributed by atoms with Gasteiger partial charge in [-0.05, 0) is 49.4 Å². The number of phenols is 1. The van der Waals surface area contributed by atoms with Crippen molar-refractivity contribution in [3.63, 3.8) is 0 Å². The molecule has 0 saturated heterocycles. The van der Waals surface area contributed by atoms with Gasteiger partial charge in [-0.1, -0.05) is 12.8 Å². The summed E-state index contributed by atoms with van der Waals surface area (Å²) in [4.78, 5) is 13.8. The SMILES string of the molecule is Cc1cc(O)ccc1N(CC1CCCC1)C(=O)CCl. The molecule has 104 valence electrons. The van der Waals surface area contributed by atoms with Crippen molar-refractivity contribution < 1.29 is 9.90 Å². The Morgan fingerprint density at radius 2 is 2.11 bits per heavy atom. The maximum Gasteiger partial charge on any atom is 0.241 e. The number of hydrogen-bond donors (Lipinski definition) is 1. The fourth-order valence-corrected chi connectivity index (χ4v) is 2.94. The maximum atomic E-state index is 12.1. The number of aryl methyl sites for hydroxylation is 1. The van der Waals surface area contributed by atoms with E-state index in [2.05, 4.69) is 0 Å². The first-order chi connectivity index (χ1) is 9.11. The smallest absolute Gasteiger partial charge is 0.241 e. The molecular weight excluding hydrogens is 262 g/mol. The van der Waals surface area contributed by atoms with Gasteiger partial charge in [0, 0.05) is 12.2 Å². The van der Waals surface area contributed by atoms with E-state index in [9.17, 15) is 9.90 Å². The Hall–Kier alpha value is -1.22. The summed E-state index contributed by atoms with van der Waals surface area (Å²) < 4.78 is 0. The van der Waals surface area contributed by atoms with E-state index in [0.717, 1.165) is 17.8 Å². The average molecular weight is 282 g/mol. The predicted molar refractivity (Wildman–Crippen MR) is 77.9 cm³/mol. The second-order valence-electron chi connectivity index (χ2n) is 5.26. The zero-order valence-electron chi connectivity index (χ0n) is 11.2. The number of halogens is 1. The second-order valence-corrected chi connectivity index (χ2v) is 5.53. The van der Waals surface area contributed by atoms with Gasteiger partial charge in [0.25, 0.3) is 0 Å². The van der Waals surface area contributed by atoms with Crippen LogP contribution in [0.2, 0.25) is 0 Å². The van der Waals surface area contributed by atoms with Crippen LogP contribution in [0.25, 0.3) is 0 Å². The number of rotatable bonds is 4. The number of anilines is 1. The fourth-order valence-electron chi connectivity index (χ4n) is 2.80. The summed E-state index contributed by atoms with van der Waals surface area (Å²) in [5.41, 5.74) is 1.76. The molecule has 0 heterocycles. The second kappa shape index (κ2) is 6.29. The number of alkyl halides is 1. The lowest BCUT2D eigenvalue weighted by Crippen LogP contribution is -2.36. The molecule has 1 N–H and O–H groups in total. The molecule has 1 amide bonds. The van der Waals surface area contributed by atoms with Crippen molar-refractivity contribution in [1.82, 2.24) is 0 Å². The van der Waals surface area contributed by atoms with Crippen molar-refractivity contribution in [3.05, 3.63) is 23.8 Å². The summed E-state index contributed by atoms with van der Waals surface area (Å²) in [5, 5.41) is 9.47. The summed E-state index contributed by atoms with van der Waals surface area (Å²) in [6.07, 6.45) is 4.87. The highest BCUT2D eigenvalue weighted by molar-refractivity contribution is 6.29. The fraction of sp³-hybridized carbons (Fsp3) is 0.533. The third-order valence-electron chi connectivity index (χ3n) is 3.80.